The molecule has 1 aliphatic heterocycles. The van der Waals surface area contributed by atoms with Crippen molar-refractivity contribution in [1.82, 2.24) is 15.5 Å². The number of rotatable bonds is 6. The number of hydrogen-bond acceptors (Lipinski definition) is 2. The Morgan fingerprint density at radius 3 is 2.52 bits per heavy atom. The predicted molar refractivity (Wildman–Crippen MR) is 127 cm³/mol. The standard InChI is InChI=1S/C22H32N4.HI/c1-3-13-26-14-11-21(12-15-26)25-22(23-4-2)24-17-18-9-10-19-7-5-6-8-20(19)16-18;/h5-10,16,21H,3-4,11-15,17H2,1-2H3,(H2,23,24,25);1H. The second-order valence-corrected chi connectivity index (χ2v) is 7.14. The van der Waals surface area contributed by atoms with Gasteiger partial charge in [-0.15, -0.1) is 24.0 Å². The molecule has 27 heavy (non-hydrogen) atoms. The highest BCUT2D eigenvalue weighted by atomic mass is 127. The van der Waals surface area contributed by atoms with E-state index in [0.717, 1.165) is 12.5 Å². The van der Waals surface area contributed by atoms with Crippen LogP contribution >= 0.6 is 24.0 Å². The number of aliphatic imine (C=N–C) groups is 1. The zero-order chi connectivity index (χ0) is 18.2. The Morgan fingerprint density at radius 1 is 1.07 bits per heavy atom. The summed E-state index contributed by atoms with van der Waals surface area (Å²) in [6, 6.07) is 15.6. The Balaban J connectivity index is 0.00000261. The van der Waals surface area contributed by atoms with Gasteiger partial charge in [0.15, 0.2) is 5.96 Å². The third kappa shape index (κ3) is 6.64. The summed E-state index contributed by atoms with van der Waals surface area (Å²) in [5.41, 5.74) is 1.25. The normalized spacial score (nSPS) is 16.1. The van der Waals surface area contributed by atoms with Crippen LogP contribution in [0.3, 0.4) is 0 Å². The average Bonchev–Trinajstić information content (AvgIpc) is 2.68. The fourth-order valence-corrected chi connectivity index (χ4v) is 3.64. The smallest absolute Gasteiger partial charge is 0.191 e. The van der Waals surface area contributed by atoms with Gasteiger partial charge in [-0.05, 0) is 55.1 Å². The zero-order valence-corrected chi connectivity index (χ0v) is 18.9. The maximum absolute atomic E-state index is 4.82. The van der Waals surface area contributed by atoms with E-state index in [0.29, 0.717) is 12.6 Å². The van der Waals surface area contributed by atoms with Crippen molar-refractivity contribution in [2.45, 2.75) is 45.7 Å². The summed E-state index contributed by atoms with van der Waals surface area (Å²) in [7, 11) is 0. The van der Waals surface area contributed by atoms with E-state index in [-0.39, 0.29) is 24.0 Å². The van der Waals surface area contributed by atoms with Gasteiger partial charge in [0.1, 0.15) is 0 Å². The van der Waals surface area contributed by atoms with E-state index in [2.05, 4.69) is 71.8 Å². The molecule has 4 nitrogen and oxygen atoms in total. The van der Waals surface area contributed by atoms with Gasteiger partial charge in [0, 0.05) is 25.7 Å². The SMILES string of the molecule is CCCN1CCC(NC(=NCc2ccc3ccccc3c2)NCC)CC1.I. The maximum atomic E-state index is 4.82. The van der Waals surface area contributed by atoms with E-state index in [1.807, 2.05) is 0 Å². The van der Waals surface area contributed by atoms with Gasteiger partial charge in [0.25, 0.3) is 0 Å². The molecule has 2 aromatic carbocycles. The van der Waals surface area contributed by atoms with Crippen LogP contribution in [0.4, 0.5) is 0 Å². The van der Waals surface area contributed by atoms with E-state index in [1.54, 1.807) is 0 Å². The van der Waals surface area contributed by atoms with Crippen molar-refractivity contribution in [3.8, 4) is 0 Å². The summed E-state index contributed by atoms with van der Waals surface area (Å²) in [4.78, 5) is 7.39. The Hall–Kier alpha value is -1.34. The van der Waals surface area contributed by atoms with E-state index in [9.17, 15) is 0 Å². The third-order valence-corrected chi connectivity index (χ3v) is 5.05. The first kappa shape index (κ1) is 22.0. The number of benzene rings is 2. The van der Waals surface area contributed by atoms with Crippen molar-refractivity contribution in [3.05, 3.63) is 48.0 Å². The molecule has 0 amide bonds. The van der Waals surface area contributed by atoms with Gasteiger partial charge in [-0.2, -0.15) is 0 Å². The Morgan fingerprint density at radius 2 is 1.81 bits per heavy atom. The van der Waals surface area contributed by atoms with E-state index < -0.39 is 0 Å². The van der Waals surface area contributed by atoms with E-state index >= 15 is 0 Å². The molecule has 0 aliphatic carbocycles. The molecule has 0 spiro atoms. The van der Waals surface area contributed by atoms with Crippen molar-refractivity contribution in [1.29, 1.82) is 0 Å². The molecule has 148 valence electrons. The van der Waals surface area contributed by atoms with Crippen molar-refractivity contribution in [3.63, 3.8) is 0 Å². The molecule has 1 heterocycles. The Bertz CT molecular complexity index is 723. The molecule has 0 bridgehead atoms. The van der Waals surface area contributed by atoms with Crippen molar-refractivity contribution in [2.24, 2.45) is 4.99 Å². The predicted octanol–water partition coefficient (Wildman–Crippen LogP) is 4.39. The molecular formula is C22H33IN4. The van der Waals surface area contributed by atoms with Crippen LogP contribution < -0.4 is 10.6 Å². The Labute approximate surface area is 180 Å². The number of halogens is 1. The summed E-state index contributed by atoms with van der Waals surface area (Å²) < 4.78 is 0. The van der Waals surface area contributed by atoms with Gasteiger partial charge in [0.05, 0.1) is 6.54 Å². The van der Waals surface area contributed by atoms with Crippen LogP contribution in [-0.2, 0) is 6.54 Å². The number of fused-ring (bicyclic) bond motifs is 1. The second-order valence-electron chi connectivity index (χ2n) is 7.14. The Kier molecular flexibility index (Phi) is 9.34. The quantitative estimate of drug-likeness (QED) is 0.366. The fourth-order valence-electron chi connectivity index (χ4n) is 3.64. The lowest BCUT2D eigenvalue weighted by Gasteiger charge is -2.32. The molecule has 2 aromatic rings. The van der Waals surface area contributed by atoms with Crippen LogP contribution in [0.25, 0.3) is 10.8 Å². The van der Waals surface area contributed by atoms with Crippen LogP contribution in [-0.4, -0.2) is 43.1 Å². The van der Waals surface area contributed by atoms with E-state index in [4.69, 9.17) is 4.99 Å². The van der Waals surface area contributed by atoms with E-state index in [1.165, 1.54) is 55.2 Å². The minimum Gasteiger partial charge on any atom is -0.357 e. The first-order valence-corrected chi connectivity index (χ1v) is 10.0. The van der Waals surface area contributed by atoms with Crippen LogP contribution in [0.5, 0.6) is 0 Å². The monoisotopic (exact) mass is 480 g/mol. The number of piperidine rings is 1. The largest absolute Gasteiger partial charge is 0.357 e. The highest BCUT2D eigenvalue weighted by molar-refractivity contribution is 14.0. The molecule has 1 fully saturated rings. The van der Waals surface area contributed by atoms with Gasteiger partial charge in [-0.3, -0.25) is 0 Å². The summed E-state index contributed by atoms with van der Waals surface area (Å²) in [5.74, 6) is 0.939. The number of hydrogen-bond donors (Lipinski definition) is 2. The van der Waals surface area contributed by atoms with Crippen molar-refractivity contribution >= 4 is 40.7 Å². The van der Waals surface area contributed by atoms with Crippen LogP contribution in [0.1, 0.15) is 38.7 Å². The number of nitrogens with zero attached hydrogens (tertiary/aromatic N) is 2. The molecule has 0 atom stereocenters. The molecular weight excluding hydrogens is 447 g/mol. The highest BCUT2D eigenvalue weighted by Gasteiger charge is 2.19. The molecule has 5 heteroatoms. The molecule has 0 aromatic heterocycles. The molecule has 0 saturated carbocycles. The fraction of sp³-hybridized carbons (Fsp3) is 0.500. The lowest BCUT2D eigenvalue weighted by molar-refractivity contribution is 0.206. The zero-order valence-electron chi connectivity index (χ0n) is 16.6. The first-order chi connectivity index (χ1) is 12.8. The van der Waals surface area contributed by atoms with Gasteiger partial charge in [-0.25, -0.2) is 4.99 Å². The van der Waals surface area contributed by atoms with Crippen LogP contribution in [0.2, 0.25) is 0 Å². The lowest BCUT2D eigenvalue weighted by Crippen LogP contribution is -2.48. The third-order valence-electron chi connectivity index (χ3n) is 5.05. The number of nitrogens with one attached hydrogen (secondary N) is 2. The lowest BCUT2D eigenvalue weighted by atomic mass is 10.1. The van der Waals surface area contributed by atoms with Crippen molar-refractivity contribution < 1.29 is 0 Å². The molecule has 2 N–H and O–H groups in total. The van der Waals surface area contributed by atoms with Gasteiger partial charge >= 0.3 is 0 Å². The topological polar surface area (TPSA) is 39.7 Å². The molecule has 1 aliphatic rings. The maximum Gasteiger partial charge on any atom is 0.191 e. The summed E-state index contributed by atoms with van der Waals surface area (Å²) >= 11 is 0. The molecule has 0 unspecified atom stereocenters. The average molecular weight is 480 g/mol. The molecule has 3 rings (SSSR count). The van der Waals surface area contributed by atoms with Gasteiger partial charge in [0.2, 0.25) is 0 Å². The summed E-state index contributed by atoms with van der Waals surface area (Å²) in [5, 5.41) is 9.60. The van der Waals surface area contributed by atoms with Gasteiger partial charge in [-0.1, -0.05) is 43.3 Å². The minimum absolute atomic E-state index is 0. The summed E-state index contributed by atoms with van der Waals surface area (Å²) in [6.07, 6.45) is 3.63. The minimum atomic E-state index is 0. The first-order valence-electron chi connectivity index (χ1n) is 10.0. The molecule has 0 radical (unpaired) electrons. The molecule has 1 saturated heterocycles. The highest BCUT2D eigenvalue weighted by Crippen LogP contribution is 2.16. The second kappa shape index (κ2) is 11.5. The van der Waals surface area contributed by atoms with Crippen LogP contribution in [0.15, 0.2) is 47.5 Å². The van der Waals surface area contributed by atoms with Crippen molar-refractivity contribution in [2.75, 3.05) is 26.2 Å². The van der Waals surface area contributed by atoms with Gasteiger partial charge < -0.3 is 15.5 Å². The van der Waals surface area contributed by atoms with Crippen LogP contribution in [0, 0.1) is 0 Å². The number of guanidine groups is 1. The number of likely N-dealkylation sites (tertiary alicyclic amines) is 1. The summed E-state index contributed by atoms with van der Waals surface area (Å²) in [6.45, 7) is 9.57.